The lowest BCUT2D eigenvalue weighted by atomic mass is 9.95. The number of rotatable bonds is 7. The number of benzene rings is 1. The summed E-state index contributed by atoms with van der Waals surface area (Å²) in [6.07, 6.45) is 11.4. The highest BCUT2D eigenvalue weighted by atomic mass is 16.3. The molecule has 0 N–H and O–H groups in total. The van der Waals surface area contributed by atoms with Crippen molar-refractivity contribution in [1.29, 1.82) is 0 Å². The normalized spacial score (nSPS) is 13.6. The smallest absolute Gasteiger partial charge is 0.134 e. The number of aryl methyl sites for hydroxylation is 2. The van der Waals surface area contributed by atoms with Crippen LogP contribution in [0, 0.1) is 0 Å². The van der Waals surface area contributed by atoms with Crippen LogP contribution >= 0.6 is 0 Å². The fourth-order valence-electron chi connectivity index (χ4n) is 4.01. The highest BCUT2D eigenvalue weighted by Gasteiger charge is 2.20. The fourth-order valence-corrected chi connectivity index (χ4v) is 4.01. The third-order valence-electron chi connectivity index (χ3n) is 5.56. The van der Waals surface area contributed by atoms with Gasteiger partial charge < -0.3 is 4.42 Å². The number of furan rings is 1. The summed E-state index contributed by atoms with van der Waals surface area (Å²) in [5.74, 6) is 1.07. The van der Waals surface area contributed by atoms with Crippen LogP contribution in [0.25, 0.3) is 27.7 Å². The molecule has 2 heterocycles. The summed E-state index contributed by atoms with van der Waals surface area (Å²) >= 11 is 0. The fraction of sp³-hybridized carbons (Fsp3) is 0.296. The van der Waals surface area contributed by atoms with Gasteiger partial charge in [-0.15, -0.1) is 6.58 Å². The first kappa shape index (κ1) is 19.4. The van der Waals surface area contributed by atoms with Gasteiger partial charge in [0.15, 0.2) is 0 Å². The van der Waals surface area contributed by atoms with Crippen LogP contribution in [0.3, 0.4) is 0 Å². The molecular formula is C27H29NO. The molecule has 0 aliphatic heterocycles. The standard InChI is InChI=1S/C27H29NO/c1-5-6-23-12-10-22(17-28-23)20-11-14-25-24(16-20)27(21-9-8-19(4)15-21)26(29-25)13-7-18(2)3/h8-12,14,16-17H,2,5-7,13,15H2,1,3-4H3. The molecule has 0 radical (unpaired) electrons. The number of nitrogens with zero attached hydrogens (tertiary/aromatic N) is 1. The Bertz CT molecular complexity index is 1110. The number of aromatic nitrogens is 1. The Hall–Kier alpha value is -2.87. The Labute approximate surface area is 173 Å². The van der Waals surface area contributed by atoms with Crippen molar-refractivity contribution in [3.8, 4) is 11.1 Å². The van der Waals surface area contributed by atoms with E-state index in [1.54, 1.807) is 0 Å². The SMILES string of the molecule is C=C(C)CCc1oc2ccc(-c3ccc(CCC)nc3)cc2c1C1=CC=C(C)C1. The monoisotopic (exact) mass is 383 g/mol. The van der Waals surface area contributed by atoms with Crippen molar-refractivity contribution in [2.75, 3.05) is 0 Å². The minimum atomic E-state index is 0.887. The average Bonchev–Trinajstić information content (AvgIpc) is 3.29. The summed E-state index contributed by atoms with van der Waals surface area (Å²) in [4.78, 5) is 4.64. The van der Waals surface area contributed by atoms with Crippen LogP contribution in [0.4, 0.5) is 0 Å². The minimum absolute atomic E-state index is 0.887. The zero-order chi connectivity index (χ0) is 20.4. The molecule has 1 aliphatic carbocycles. The molecule has 0 saturated heterocycles. The van der Waals surface area contributed by atoms with E-state index in [1.165, 1.54) is 33.2 Å². The van der Waals surface area contributed by atoms with Gasteiger partial charge >= 0.3 is 0 Å². The Morgan fingerprint density at radius 1 is 1.10 bits per heavy atom. The third kappa shape index (κ3) is 4.12. The van der Waals surface area contributed by atoms with E-state index in [4.69, 9.17) is 4.42 Å². The number of hydrogen-bond donors (Lipinski definition) is 0. The molecule has 1 aromatic carbocycles. The van der Waals surface area contributed by atoms with Crippen molar-refractivity contribution in [1.82, 2.24) is 4.98 Å². The maximum atomic E-state index is 6.32. The van der Waals surface area contributed by atoms with Crippen molar-refractivity contribution >= 4 is 16.5 Å². The summed E-state index contributed by atoms with van der Waals surface area (Å²) in [6.45, 7) is 10.5. The zero-order valence-corrected chi connectivity index (χ0v) is 17.7. The second kappa shape index (κ2) is 8.24. The quantitative estimate of drug-likeness (QED) is 0.391. The van der Waals surface area contributed by atoms with Crippen molar-refractivity contribution in [2.24, 2.45) is 0 Å². The second-order valence-electron chi connectivity index (χ2n) is 8.24. The summed E-state index contributed by atoms with van der Waals surface area (Å²) in [5, 5.41) is 1.20. The van der Waals surface area contributed by atoms with Crippen LogP contribution in [-0.4, -0.2) is 4.98 Å². The zero-order valence-electron chi connectivity index (χ0n) is 17.7. The second-order valence-corrected chi connectivity index (χ2v) is 8.24. The summed E-state index contributed by atoms with van der Waals surface area (Å²) in [5.41, 5.74) is 9.65. The van der Waals surface area contributed by atoms with Crippen LogP contribution in [0.1, 0.15) is 57.1 Å². The van der Waals surface area contributed by atoms with E-state index in [1.807, 2.05) is 6.20 Å². The molecule has 2 heteroatoms. The molecule has 0 fully saturated rings. The Kier molecular flexibility index (Phi) is 5.53. The highest BCUT2D eigenvalue weighted by molar-refractivity contribution is 5.96. The van der Waals surface area contributed by atoms with Crippen molar-refractivity contribution in [3.05, 3.63) is 83.4 Å². The Balaban J connectivity index is 1.77. The molecular weight excluding hydrogens is 354 g/mol. The maximum absolute atomic E-state index is 6.32. The number of hydrogen-bond acceptors (Lipinski definition) is 2. The van der Waals surface area contributed by atoms with Crippen LogP contribution in [0.15, 0.2) is 70.8 Å². The van der Waals surface area contributed by atoms with Crippen molar-refractivity contribution in [3.63, 3.8) is 0 Å². The number of allylic oxidation sites excluding steroid dienone is 5. The lowest BCUT2D eigenvalue weighted by Gasteiger charge is -2.07. The van der Waals surface area contributed by atoms with Crippen molar-refractivity contribution in [2.45, 2.75) is 52.9 Å². The van der Waals surface area contributed by atoms with Crippen LogP contribution in [0.2, 0.25) is 0 Å². The molecule has 0 amide bonds. The van der Waals surface area contributed by atoms with Gasteiger partial charge in [0.05, 0.1) is 0 Å². The summed E-state index contributed by atoms with van der Waals surface area (Å²) < 4.78 is 6.32. The molecule has 0 spiro atoms. The van der Waals surface area contributed by atoms with Gasteiger partial charge in [-0.25, -0.2) is 0 Å². The van der Waals surface area contributed by atoms with Crippen LogP contribution in [0.5, 0.6) is 0 Å². The Morgan fingerprint density at radius 2 is 1.93 bits per heavy atom. The van der Waals surface area contributed by atoms with Gasteiger partial charge in [-0.05, 0) is 62.4 Å². The van der Waals surface area contributed by atoms with E-state index in [9.17, 15) is 0 Å². The third-order valence-corrected chi connectivity index (χ3v) is 5.56. The number of pyridine rings is 1. The topological polar surface area (TPSA) is 26.0 Å². The van der Waals surface area contributed by atoms with E-state index in [-0.39, 0.29) is 0 Å². The molecule has 0 saturated carbocycles. The van der Waals surface area contributed by atoms with E-state index in [0.717, 1.165) is 54.7 Å². The van der Waals surface area contributed by atoms with E-state index < -0.39 is 0 Å². The molecule has 148 valence electrons. The van der Waals surface area contributed by atoms with Crippen LogP contribution < -0.4 is 0 Å². The van der Waals surface area contributed by atoms with Gasteiger partial charge in [0.1, 0.15) is 11.3 Å². The van der Waals surface area contributed by atoms with Crippen molar-refractivity contribution < 1.29 is 4.42 Å². The first-order valence-electron chi connectivity index (χ1n) is 10.6. The van der Waals surface area contributed by atoms with Crippen LogP contribution in [-0.2, 0) is 12.8 Å². The van der Waals surface area contributed by atoms with Gasteiger partial charge in [0, 0.05) is 34.8 Å². The average molecular weight is 384 g/mol. The molecule has 2 aromatic heterocycles. The predicted molar refractivity (Wildman–Crippen MR) is 123 cm³/mol. The van der Waals surface area contributed by atoms with E-state index in [2.05, 4.69) is 74.8 Å². The molecule has 4 rings (SSSR count). The first-order chi connectivity index (χ1) is 14.0. The predicted octanol–water partition coefficient (Wildman–Crippen LogP) is 7.69. The number of fused-ring (bicyclic) bond motifs is 1. The lowest BCUT2D eigenvalue weighted by Crippen LogP contribution is -1.91. The minimum Gasteiger partial charge on any atom is -0.460 e. The largest absolute Gasteiger partial charge is 0.460 e. The van der Waals surface area contributed by atoms with Gasteiger partial charge in [0.25, 0.3) is 0 Å². The summed E-state index contributed by atoms with van der Waals surface area (Å²) in [6, 6.07) is 10.8. The lowest BCUT2D eigenvalue weighted by molar-refractivity contribution is 0.545. The van der Waals surface area contributed by atoms with Gasteiger partial charge in [-0.3, -0.25) is 4.98 Å². The first-order valence-corrected chi connectivity index (χ1v) is 10.6. The van der Waals surface area contributed by atoms with Gasteiger partial charge in [-0.1, -0.05) is 48.8 Å². The molecule has 0 atom stereocenters. The molecule has 0 bridgehead atoms. The molecule has 1 aliphatic rings. The molecule has 2 nitrogen and oxygen atoms in total. The van der Waals surface area contributed by atoms with Gasteiger partial charge in [-0.2, -0.15) is 0 Å². The Morgan fingerprint density at radius 3 is 2.59 bits per heavy atom. The molecule has 0 unspecified atom stereocenters. The van der Waals surface area contributed by atoms with E-state index >= 15 is 0 Å². The molecule has 3 aromatic rings. The van der Waals surface area contributed by atoms with Gasteiger partial charge in [0.2, 0.25) is 0 Å². The summed E-state index contributed by atoms with van der Waals surface area (Å²) in [7, 11) is 0. The maximum Gasteiger partial charge on any atom is 0.134 e. The highest BCUT2D eigenvalue weighted by Crippen LogP contribution is 2.39. The molecule has 29 heavy (non-hydrogen) atoms. The van der Waals surface area contributed by atoms with E-state index in [0.29, 0.717) is 0 Å².